The van der Waals surface area contributed by atoms with E-state index in [1.807, 2.05) is 55.5 Å². The first-order valence-corrected chi connectivity index (χ1v) is 9.71. The zero-order valence-corrected chi connectivity index (χ0v) is 16.0. The van der Waals surface area contributed by atoms with Crippen molar-refractivity contribution in [3.8, 4) is 17.1 Å². The summed E-state index contributed by atoms with van der Waals surface area (Å²) in [5.74, 6) is 2.46. The summed E-state index contributed by atoms with van der Waals surface area (Å²) in [6.45, 7) is 2.95. The Kier molecular flexibility index (Phi) is 5.37. The van der Waals surface area contributed by atoms with Crippen LogP contribution in [0.25, 0.3) is 11.4 Å². The van der Waals surface area contributed by atoms with E-state index in [0.29, 0.717) is 5.75 Å². The normalized spacial score (nSPS) is 13.5. The molecule has 2 aromatic carbocycles. The fourth-order valence-corrected chi connectivity index (χ4v) is 3.38. The van der Waals surface area contributed by atoms with Crippen LogP contribution in [0.4, 0.5) is 5.69 Å². The molecule has 1 amide bonds. The summed E-state index contributed by atoms with van der Waals surface area (Å²) in [6, 6.07) is 15.3. The maximum atomic E-state index is 12.1. The highest BCUT2D eigenvalue weighted by Crippen LogP contribution is 2.24. The van der Waals surface area contributed by atoms with Gasteiger partial charge in [-0.15, -0.1) is 10.2 Å². The number of fused-ring (bicyclic) bond motifs is 1. The highest BCUT2D eigenvalue weighted by Gasteiger charge is 2.16. The summed E-state index contributed by atoms with van der Waals surface area (Å²) in [6.07, 6.45) is 4.56. The molecule has 6 nitrogen and oxygen atoms in total. The van der Waals surface area contributed by atoms with E-state index in [-0.39, 0.29) is 12.5 Å². The smallest absolute Gasteiger partial charge is 0.262 e. The molecule has 4 rings (SSSR count). The number of benzene rings is 2. The summed E-state index contributed by atoms with van der Waals surface area (Å²) in [5.41, 5.74) is 2.90. The molecule has 6 heteroatoms. The third-order valence-corrected chi connectivity index (χ3v) is 4.93. The molecule has 1 aliphatic rings. The van der Waals surface area contributed by atoms with Gasteiger partial charge < -0.3 is 14.6 Å². The Morgan fingerprint density at radius 3 is 2.61 bits per heavy atom. The number of aryl methyl sites for hydroxylation is 2. The standard InChI is InChI=1S/C22H24N4O2/c1-16-6-12-19(13-7-16)28-15-21(27)23-18-10-8-17(9-11-18)22-25-24-20-5-3-2-4-14-26(20)22/h6-13H,2-5,14-15H2,1H3,(H,23,27). The third-order valence-electron chi connectivity index (χ3n) is 4.93. The van der Waals surface area contributed by atoms with Crippen molar-refractivity contribution in [1.29, 1.82) is 0 Å². The number of hydrogen-bond acceptors (Lipinski definition) is 4. The molecule has 1 aliphatic heterocycles. The lowest BCUT2D eigenvalue weighted by Crippen LogP contribution is -2.20. The van der Waals surface area contributed by atoms with Crippen LogP contribution in [-0.2, 0) is 17.8 Å². The van der Waals surface area contributed by atoms with Gasteiger partial charge in [0.05, 0.1) is 0 Å². The molecule has 3 aromatic rings. The van der Waals surface area contributed by atoms with Crippen LogP contribution in [-0.4, -0.2) is 27.3 Å². The van der Waals surface area contributed by atoms with Crippen LogP contribution in [0.1, 0.15) is 30.7 Å². The van der Waals surface area contributed by atoms with Gasteiger partial charge in [0.2, 0.25) is 0 Å². The van der Waals surface area contributed by atoms with E-state index in [1.54, 1.807) is 0 Å². The van der Waals surface area contributed by atoms with Gasteiger partial charge >= 0.3 is 0 Å². The minimum absolute atomic E-state index is 0.0253. The molecule has 1 aromatic heterocycles. The van der Waals surface area contributed by atoms with Gasteiger partial charge in [-0.3, -0.25) is 4.79 Å². The van der Waals surface area contributed by atoms with E-state index < -0.39 is 0 Å². The molecular formula is C22H24N4O2. The highest BCUT2D eigenvalue weighted by atomic mass is 16.5. The Labute approximate surface area is 164 Å². The molecular weight excluding hydrogens is 352 g/mol. The molecule has 0 bridgehead atoms. The zero-order chi connectivity index (χ0) is 19.3. The number of hydrogen-bond donors (Lipinski definition) is 1. The molecule has 0 unspecified atom stereocenters. The first kappa shape index (κ1) is 18.2. The fraction of sp³-hybridized carbons (Fsp3) is 0.318. The first-order valence-electron chi connectivity index (χ1n) is 9.71. The Hall–Kier alpha value is -3.15. The Balaban J connectivity index is 1.37. The average molecular weight is 376 g/mol. The lowest BCUT2D eigenvalue weighted by Gasteiger charge is -2.09. The van der Waals surface area contributed by atoms with E-state index in [9.17, 15) is 4.79 Å². The van der Waals surface area contributed by atoms with E-state index in [0.717, 1.165) is 47.8 Å². The zero-order valence-electron chi connectivity index (χ0n) is 16.0. The quantitative estimate of drug-likeness (QED) is 0.731. The van der Waals surface area contributed by atoms with Crippen LogP contribution < -0.4 is 10.1 Å². The molecule has 0 fully saturated rings. The SMILES string of the molecule is Cc1ccc(OCC(=O)Nc2ccc(-c3nnc4n3CCCCC4)cc2)cc1. The number of aromatic nitrogens is 3. The Morgan fingerprint density at radius 1 is 1.04 bits per heavy atom. The maximum absolute atomic E-state index is 12.1. The van der Waals surface area contributed by atoms with Gasteiger partial charge in [0.15, 0.2) is 12.4 Å². The Bertz CT molecular complexity index is 946. The molecule has 144 valence electrons. The van der Waals surface area contributed by atoms with E-state index in [4.69, 9.17) is 4.74 Å². The summed E-state index contributed by atoms with van der Waals surface area (Å²) < 4.78 is 7.74. The summed E-state index contributed by atoms with van der Waals surface area (Å²) in [5, 5.41) is 11.6. The molecule has 0 aliphatic carbocycles. The molecule has 0 saturated carbocycles. The number of amides is 1. The van der Waals surface area contributed by atoms with Gasteiger partial charge in [-0.25, -0.2) is 0 Å². The molecule has 0 radical (unpaired) electrons. The number of carbonyl (C=O) groups excluding carboxylic acids is 1. The molecule has 2 heterocycles. The maximum Gasteiger partial charge on any atom is 0.262 e. The molecule has 0 saturated heterocycles. The van der Waals surface area contributed by atoms with Crippen molar-refractivity contribution in [2.45, 2.75) is 39.2 Å². The molecule has 1 N–H and O–H groups in total. The van der Waals surface area contributed by atoms with Gasteiger partial charge in [-0.05, 0) is 56.2 Å². The second kappa shape index (κ2) is 8.25. The predicted molar refractivity (Wildman–Crippen MR) is 108 cm³/mol. The van der Waals surface area contributed by atoms with Crippen LogP contribution in [0, 0.1) is 6.92 Å². The fourth-order valence-electron chi connectivity index (χ4n) is 3.38. The second-order valence-electron chi connectivity index (χ2n) is 7.13. The van der Waals surface area contributed by atoms with Crippen molar-refractivity contribution >= 4 is 11.6 Å². The van der Waals surface area contributed by atoms with Crippen molar-refractivity contribution in [3.63, 3.8) is 0 Å². The third kappa shape index (κ3) is 4.22. The highest BCUT2D eigenvalue weighted by molar-refractivity contribution is 5.92. The second-order valence-corrected chi connectivity index (χ2v) is 7.13. The Morgan fingerprint density at radius 2 is 1.82 bits per heavy atom. The lowest BCUT2D eigenvalue weighted by atomic mass is 10.2. The van der Waals surface area contributed by atoms with Crippen LogP contribution >= 0.6 is 0 Å². The van der Waals surface area contributed by atoms with E-state index in [1.165, 1.54) is 12.8 Å². The number of rotatable bonds is 5. The topological polar surface area (TPSA) is 69.0 Å². The first-order chi connectivity index (χ1) is 13.7. The van der Waals surface area contributed by atoms with Crippen LogP contribution in [0.15, 0.2) is 48.5 Å². The minimum Gasteiger partial charge on any atom is -0.484 e. The van der Waals surface area contributed by atoms with Gasteiger partial charge in [-0.1, -0.05) is 24.1 Å². The van der Waals surface area contributed by atoms with Crippen molar-refractivity contribution in [2.75, 3.05) is 11.9 Å². The van der Waals surface area contributed by atoms with Gasteiger partial charge in [0.25, 0.3) is 5.91 Å². The van der Waals surface area contributed by atoms with Gasteiger partial charge in [-0.2, -0.15) is 0 Å². The summed E-state index contributed by atoms with van der Waals surface area (Å²) >= 11 is 0. The van der Waals surface area contributed by atoms with Crippen molar-refractivity contribution in [2.24, 2.45) is 0 Å². The van der Waals surface area contributed by atoms with Crippen LogP contribution in [0.3, 0.4) is 0 Å². The van der Waals surface area contributed by atoms with E-state index in [2.05, 4.69) is 20.1 Å². The lowest BCUT2D eigenvalue weighted by molar-refractivity contribution is -0.118. The van der Waals surface area contributed by atoms with Crippen LogP contribution in [0.5, 0.6) is 5.75 Å². The molecule has 0 spiro atoms. The van der Waals surface area contributed by atoms with Gasteiger partial charge in [0.1, 0.15) is 11.6 Å². The monoisotopic (exact) mass is 376 g/mol. The molecule has 0 atom stereocenters. The number of nitrogens with one attached hydrogen (secondary N) is 1. The largest absolute Gasteiger partial charge is 0.484 e. The molecule has 28 heavy (non-hydrogen) atoms. The van der Waals surface area contributed by atoms with Crippen LogP contribution in [0.2, 0.25) is 0 Å². The van der Waals surface area contributed by atoms with Crippen molar-refractivity contribution in [1.82, 2.24) is 14.8 Å². The number of ether oxygens (including phenoxy) is 1. The summed E-state index contributed by atoms with van der Waals surface area (Å²) in [4.78, 5) is 12.1. The van der Waals surface area contributed by atoms with Crippen molar-refractivity contribution < 1.29 is 9.53 Å². The number of nitrogens with zero attached hydrogens (tertiary/aromatic N) is 3. The predicted octanol–water partition coefficient (Wildman–Crippen LogP) is 4.00. The minimum atomic E-state index is -0.190. The van der Waals surface area contributed by atoms with E-state index >= 15 is 0 Å². The van der Waals surface area contributed by atoms with Crippen molar-refractivity contribution in [3.05, 3.63) is 59.9 Å². The number of anilines is 1. The summed E-state index contributed by atoms with van der Waals surface area (Å²) in [7, 11) is 0. The average Bonchev–Trinajstić information content (AvgIpc) is 2.96. The number of carbonyl (C=O) groups is 1. The van der Waals surface area contributed by atoms with Gasteiger partial charge in [0, 0.05) is 24.2 Å².